The lowest BCUT2D eigenvalue weighted by Gasteiger charge is -2.12. The molecule has 0 saturated heterocycles. The highest BCUT2D eigenvalue weighted by Crippen LogP contribution is 2.55. The first kappa shape index (κ1) is 20.0. The second-order valence-electron chi connectivity index (χ2n) is 7.26. The van der Waals surface area contributed by atoms with Crippen molar-refractivity contribution in [2.24, 2.45) is 0 Å². The maximum absolute atomic E-state index is 15.1. The van der Waals surface area contributed by atoms with Crippen molar-refractivity contribution < 1.29 is 13.2 Å². The summed E-state index contributed by atoms with van der Waals surface area (Å²) in [7, 11) is 0. The van der Waals surface area contributed by atoms with Crippen molar-refractivity contribution >= 4 is 16.7 Å². The molecule has 33 heavy (non-hydrogen) atoms. The van der Waals surface area contributed by atoms with Crippen LogP contribution in [-0.4, -0.2) is 4.98 Å². The number of fused-ring (bicyclic) bond motifs is 4. The number of pyridine rings is 1. The number of halogens is 3. The van der Waals surface area contributed by atoms with Crippen molar-refractivity contribution in [3.63, 3.8) is 0 Å². The van der Waals surface area contributed by atoms with Crippen LogP contribution < -0.4 is 0 Å². The Morgan fingerprint density at radius 3 is 2.21 bits per heavy atom. The molecule has 0 aliphatic heterocycles. The minimum absolute atomic E-state index is 0.0878. The first-order chi connectivity index (χ1) is 16.0. The van der Waals surface area contributed by atoms with Crippen molar-refractivity contribution in [1.29, 1.82) is 15.8 Å². The fourth-order valence-electron chi connectivity index (χ4n) is 4.45. The van der Waals surface area contributed by atoms with Gasteiger partial charge in [0.1, 0.15) is 17.7 Å². The summed E-state index contributed by atoms with van der Waals surface area (Å²) >= 11 is 0. The molecule has 0 radical (unpaired) electrons. The summed E-state index contributed by atoms with van der Waals surface area (Å²) in [6, 6.07) is 16.8. The first-order valence-corrected chi connectivity index (χ1v) is 9.66. The summed E-state index contributed by atoms with van der Waals surface area (Å²) in [5.74, 6) is -4.69. The second kappa shape index (κ2) is 7.34. The van der Waals surface area contributed by atoms with Crippen LogP contribution in [0.4, 0.5) is 13.2 Å². The van der Waals surface area contributed by atoms with Gasteiger partial charge in [-0.25, -0.2) is 13.2 Å². The number of nitrogens with zero attached hydrogens (tertiary/aromatic N) is 4. The zero-order valence-electron chi connectivity index (χ0n) is 16.6. The van der Waals surface area contributed by atoms with E-state index in [4.69, 9.17) is 0 Å². The van der Waals surface area contributed by atoms with Gasteiger partial charge in [-0.3, -0.25) is 4.98 Å². The molecular formula is C26H9F3N4. The van der Waals surface area contributed by atoms with Crippen LogP contribution >= 0.6 is 0 Å². The third kappa shape index (κ3) is 2.65. The fourth-order valence-corrected chi connectivity index (χ4v) is 4.45. The lowest BCUT2D eigenvalue weighted by Crippen LogP contribution is -1.99. The molecule has 0 atom stereocenters. The number of aromatic nitrogens is 1. The molecule has 1 heterocycles. The Labute approximate surface area is 186 Å². The van der Waals surface area contributed by atoms with E-state index in [1.54, 1.807) is 42.6 Å². The van der Waals surface area contributed by atoms with Gasteiger partial charge >= 0.3 is 0 Å². The van der Waals surface area contributed by atoms with E-state index in [1.165, 1.54) is 0 Å². The summed E-state index contributed by atoms with van der Waals surface area (Å²) in [4.78, 5) is 4.44. The Kier molecular flexibility index (Phi) is 4.45. The number of benzene rings is 2. The molecule has 4 nitrogen and oxygen atoms in total. The van der Waals surface area contributed by atoms with Gasteiger partial charge in [-0.2, -0.15) is 15.8 Å². The number of rotatable bonds is 0. The normalized spacial score (nSPS) is 16.5. The monoisotopic (exact) mass is 434 g/mol. The van der Waals surface area contributed by atoms with Crippen LogP contribution in [0, 0.1) is 51.4 Å². The summed E-state index contributed by atoms with van der Waals surface area (Å²) < 4.78 is 43.6. The van der Waals surface area contributed by atoms with E-state index < -0.39 is 28.6 Å². The Hall–Kier alpha value is -4.93. The Morgan fingerprint density at radius 1 is 0.818 bits per heavy atom. The van der Waals surface area contributed by atoms with Gasteiger partial charge in [0.2, 0.25) is 0 Å². The van der Waals surface area contributed by atoms with E-state index in [1.807, 2.05) is 18.2 Å². The van der Waals surface area contributed by atoms with Gasteiger partial charge in [-0.1, -0.05) is 30.3 Å². The molecular weight excluding hydrogens is 425 g/mol. The average molecular weight is 434 g/mol. The number of hydrogen-bond donors (Lipinski definition) is 0. The largest absolute Gasteiger partial charge is 0.256 e. The van der Waals surface area contributed by atoms with E-state index in [-0.39, 0.29) is 22.3 Å². The topological polar surface area (TPSA) is 84.3 Å². The highest BCUT2D eigenvalue weighted by molar-refractivity contribution is 6.20. The summed E-state index contributed by atoms with van der Waals surface area (Å²) in [5, 5.41) is 28.8. The van der Waals surface area contributed by atoms with Crippen molar-refractivity contribution in [3.8, 4) is 29.5 Å². The number of allylic oxidation sites excluding steroid dienone is 5. The Morgan fingerprint density at radius 2 is 1.52 bits per heavy atom. The molecule has 5 rings (SSSR count). The molecule has 0 spiro atoms. The molecule has 3 aromatic rings. The molecule has 0 bridgehead atoms. The molecule has 2 aliphatic rings. The molecule has 0 amide bonds. The van der Waals surface area contributed by atoms with Crippen LogP contribution in [0.5, 0.6) is 0 Å². The lowest BCUT2D eigenvalue weighted by molar-refractivity contribution is 0.445. The maximum atomic E-state index is 15.1. The predicted molar refractivity (Wildman–Crippen MR) is 114 cm³/mol. The van der Waals surface area contributed by atoms with Gasteiger partial charge in [0.15, 0.2) is 17.5 Å². The highest BCUT2D eigenvalue weighted by Gasteiger charge is 2.39. The SMILES string of the molecule is N#CC=C1/C(=C2/c3ccccc3-c3ncccc32)C(=C(C#N)C#N)c2c1cc(F)c(F)c2F. The van der Waals surface area contributed by atoms with Gasteiger partial charge in [0.05, 0.1) is 11.8 Å². The molecule has 154 valence electrons. The standard InChI is InChI=1S/C26H9F3N4/c27-19-10-18-15(7-8-30)22(20(13(11-31)12-32)23(18)25(29)24(19)28)21-14-4-1-2-5-16(14)26-17(21)6-3-9-33-26/h1-7,9-10H/b15-7?,22-21+. The fraction of sp³-hybridized carbons (Fsp3) is 0. The summed E-state index contributed by atoms with van der Waals surface area (Å²) in [5.41, 5.74) is 2.22. The molecule has 2 aromatic carbocycles. The van der Waals surface area contributed by atoms with Gasteiger partial charge in [-0.15, -0.1) is 0 Å². The molecule has 0 fully saturated rings. The van der Waals surface area contributed by atoms with Crippen LogP contribution in [0.25, 0.3) is 28.0 Å². The number of hydrogen-bond acceptors (Lipinski definition) is 4. The van der Waals surface area contributed by atoms with Crippen LogP contribution in [0.1, 0.15) is 22.3 Å². The van der Waals surface area contributed by atoms with Gasteiger partial charge in [0, 0.05) is 51.3 Å². The maximum Gasteiger partial charge on any atom is 0.195 e. The van der Waals surface area contributed by atoms with Crippen LogP contribution in [0.3, 0.4) is 0 Å². The molecule has 1 aromatic heterocycles. The zero-order valence-corrected chi connectivity index (χ0v) is 16.6. The second-order valence-corrected chi connectivity index (χ2v) is 7.26. The van der Waals surface area contributed by atoms with Gasteiger partial charge in [-0.05, 0) is 23.3 Å². The quantitative estimate of drug-likeness (QED) is 0.262. The highest BCUT2D eigenvalue weighted by atomic mass is 19.2. The first-order valence-electron chi connectivity index (χ1n) is 9.66. The minimum Gasteiger partial charge on any atom is -0.256 e. The molecule has 0 N–H and O–H groups in total. The third-order valence-corrected chi connectivity index (χ3v) is 5.68. The third-order valence-electron chi connectivity index (χ3n) is 5.68. The van der Waals surface area contributed by atoms with Gasteiger partial charge in [0.25, 0.3) is 0 Å². The lowest BCUT2D eigenvalue weighted by atomic mass is 9.89. The summed E-state index contributed by atoms with van der Waals surface area (Å²) in [6.45, 7) is 0. The Bertz CT molecular complexity index is 1560. The van der Waals surface area contributed by atoms with E-state index in [2.05, 4.69) is 4.98 Å². The van der Waals surface area contributed by atoms with Gasteiger partial charge < -0.3 is 0 Å². The minimum atomic E-state index is -1.72. The van der Waals surface area contributed by atoms with Crippen LogP contribution in [0.15, 0.2) is 65.9 Å². The Balaban J connectivity index is 2.06. The average Bonchev–Trinajstić information content (AvgIpc) is 3.32. The van der Waals surface area contributed by atoms with Crippen LogP contribution in [0.2, 0.25) is 0 Å². The predicted octanol–water partition coefficient (Wildman–Crippen LogP) is 5.70. The van der Waals surface area contributed by atoms with E-state index in [0.29, 0.717) is 22.4 Å². The zero-order chi connectivity index (χ0) is 23.3. The van der Waals surface area contributed by atoms with Crippen molar-refractivity contribution in [2.45, 2.75) is 0 Å². The van der Waals surface area contributed by atoms with E-state index >= 15 is 4.39 Å². The molecule has 0 unspecified atom stereocenters. The summed E-state index contributed by atoms with van der Waals surface area (Å²) in [6.07, 6.45) is 2.68. The van der Waals surface area contributed by atoms with Crippen molar-refractivity contribution in [2.75, 3.05) is 0 Å². The van der Waals surface area contributed by atoms with Crippen LogP contribution in [-0.2, 0) is 0 Å². The molecule has 7 heteroatoms. The number of nitriles is 3. The van der Waals surface area contributed by atoms with Crippen molar-refractivity contribution in [3.05, 3.63) is 106 Å². The van der Waals surface area contributed by atoms with Crippen molar-refractivity contribution in [1.82, 2.24) is 4.98 Å². The molecule has 2 aliphatic carbocycles. The van der Waals surface area contributed by atoms with E-state index in [0.717, 1.165) is 17.7 Å². The van der Waals surface area contributed by atoms with E-state index in [9.17, 15) is 24.6 Å². The smallest absolute Gasteiger partial charge is 0.195 e. The molecule has 0 saturated carbocycles.